The van der Waals surface area contributed by atoms with Crippen LogP contribution in [0, 0.1) is 5.82 Å². The molecule has 0 saturated carbocycles. The first-order chi connectivity index (χ1) is 12.5. The molecule has 0 spiro atoms. The number of amides is 1. The molecule has 0 aliphatic carbocycles. The number of nitrogens with zero attached hydrogens (tertiary/aromatic N) is 2. The third kappa shape index (κ3) is 4.52. The summed E-state index contributed by atoms with van der Waals surface area (Å²) in [7, 11) is 0.566. The largest absolute Gasteiger partial charge is 0.481 e. The third-order valence-corrected chi connectivity index (χ3v) is 5.81. The van der Waals surface area contributed by atoms with Crippen LogP contribution in [-0.4, -0.2) is 54.9 Å². The number of carbonyl (C=O) groups excluding carboxylic acids is 1. The van der Waals surface area contributed by atoms with E-state index >= 15 is 0 Å². The molecular formula is C17H20FN3O5S. The average Bonchev–Trinajstić information content (AvgIpc) is 2.98. The van der Waals surface area contributed by atoms with Crippen LogP contribution in [0.2, 0.25) is 0 Å². The fourth-order valence-corrected chi connectivity index (χ4v) is 3.41. The molecule has 2 N–H and O–H groups in total. The van der Waals surface area contributed by atoms with E-state index < -0.39 is 33.6 Å². The van der Waals surface area contributed by atoms with Crippen LogP contribution in [0.3, 0.4) is 0 Å². The first-order valence-electron chi connectivity index (χ1n) is 7.89. The van der Waals surface area contributed by atoms with Gasteiger partial charge in [0.05, 0.1) is 5.92 Å². The van der Waals surface area contributed by atoms with Crippen LogP contribution in [0.4, 0.5) is 4.39 Å². The molecule has 0 aliphatic rings. The minimum absolute atomic E-state index is 0.0477. The molecule has 0 bridgehead atoms. The van der Waals surface area contributed by atoms with Gasteiger partial charge in [0.1, 0.15) is 16.4 Å². The van der Waals surface area contributed by atoms with Crippen molar-refractivity contribution in [2.75, 3.05) is 20.6 Å². The highest BCUT2D eigenvalue weighted by molar-refractivity contribution is 7.89. The van der Waals surface area contributed by atoms with Crippen molar-refractivity contribution in [3.63, 3.8) is 0 Å². The topological polar surface area (TPSA) is 109 Å². The van der Waals surface area contributed by atoms with Gasteiger partial charge in [-0.1, -0.05) is 12.1 Å². The van der Waals surface area contributed by atoms with Gasteiger partial charge in [0, 0.05) is 33.9 Å². The van der Waals surface area contributed by atoms with Crippen molar-refractivity contribution in [1.82, 2.24) is 14.2 Å². The van der Waals surface area contributed by atoms with Gasteiger partial charge in [-0.15, -0.1) is 0 Å². The van der Waals surface area contributed by atoms with Gasteiger partial charge >= 0.3 is 5.97 Å². The number of carboxylic acids is 1. The number of aryl methyl sites for hydroxylation is 1. The van der Waals surface area contributed by atoms with Crippen LogP contribution in [0.25, 0.3) is 0 Å². The molecule has 0 saturated heterocycles. The maximum atomic E-state index is 13.0. The first kappa shape index (κ1) is 20.6. The van der Waals surface area contributed by atoms with E-state index in [-0.39, 0.29) is 17.1 Å². The van der Waals surface area contributed by atoms with Gasteiger partial charge in [0.2, 0.25) is 10.0 Å². The Bertz CT molecular complexity index is 951. The Balaban J connectivity index is 2.18. The van der Waals surface area contributed by atoms with Crippen molar-refractivity contribution in [3.05, 3.63) is 53.6 Å². The summed E-state index contributed by atoms with van der Waals surface area (Å²) in [6.45, 7) is -0.235. The Hall–Kier alpha value is -2.72. The molecule has 10 heteroatoms. The highest BCUT2D eigenvalue weighted by Crippen LogP contribution is 2.18. The molecular weight excluding hydrogens is 377 g/mol. The highest BCUT2D eigenvalue weighted by atomic mass is 32.2. The predicted molar refractivity (Wildman–Crippen MR) is 95.4 cm³/mol. The fourth-order valence-electron chi connectivity index (χ4n) is 2.44. The molecule has 2 rings (SSSR count). The van der Waals surface area contributed by atoms with Crippen molar-refractivity contribution < 1.29 is 27.5 Å². The summed E-state index contributed by atoms with van der Waals surface area (Å²) in [4.78, 5) is 23.8. The molecule has 1 unspecified atom stereocenters. The zero-order chi connectivity index (χ0) is 20.4. The molecule has 0 aliphatic heterocycles. The molecule has 1 aromatic heterocycles. The number of hydrogen-bond donors (Lipinski definition) is 2. The molecule has 2 aromatic rings. The van der Waals surface area contributed by atoms with Crippen LogP contribution in [0.1, 0.15) is 22.0 Å². The number of aliphatic carboxylic acids is 1. The summed E-state index contributed by atoms with van der Waals surface area (Å²) in [5.41, 5.74) is 0.408. The number of sulfonamides is 1. The summed E-state index contributed by atoms with van der Waals surface area (Å²) in [6, 6.07) is 6.18. The van der Waals surface area contributed by atoms with Crippen molar-refractivity contribution in [2.45, 2.75) is 10.8 Å². The van der Waals surface area contributed by atoms with Crippen molar-refractivity contribution in [1.29, 1.82) is 0 Å². The number of rotatable bonds is 7. The van der Waals surface area contributed by atoms with Gasteiger partial charge in [0.25, 0.3) is 5.91 Å². The number of hydrogen-bond acceptors (Lipinski definition) is 4. The molecule has 8 nitrogen and oxygen atoms in total. The summed E-state index contributed by atoms with van der Waals surface area (Å²) >= 11 is 0. The number of halogens is 1. The second-order valence-corrected chi connectivity index (χ2v) is 8.26. The Labute approximate surface area is 156 Å². The summed E-state index contributed by atoms with van der Waals surface area (Å²) in [5.74, 6) is -3.36. The number of aromatic nitrogens is 1. The molecule has 0 radical (unpaired) electrons. The minimum atomic E-state index is -3.70. The lowest BCUT2D eigenvalue weighted by Crippen LogP contribution is -2.32. The van der Waals surface area contributed by atoms with E-state index in [9.17, 15) is 27.5 Å². The molecule has 146 valence electrons. The average molecular weight is 397 g/mol. The van der Waals surface area contributed by atoms with Gasteiger partial charge in [-0.25, -0.2) is 17.1 Å². The number of carbonyl (C=O) groups is 2. The van der Waals surface area contributed by atoms with Gasteiger partial charge in [0.15, 0.2) is 0 Å². The molecule has 27 heavy (non-hydrogen) atoms. The van der Waals surface area contributed by atoms with Crippen molar-refractivity contribution >= 4 is 21.9 Å². The molecule has 1 aromatic carbocycles. The summed E-state index contributed by atoms with van der Waals surface area (Å²) in [5, 5.41) is 11.9. The van der Waals surface area contributed by atoms with Gasteiger partial charge in [-0.2, -0.15) is 0 Å². The van der Waals surface area contributed by atoms with Gasteiger partial charge < -0.3 is 15.0 Å². The van der Waals surface area contributed by atoms with Gasteiger partial charge in [-0.05, 0) is 23.8 Å². The Morgan fingerprint density at radius 1 is 1.26 bits per heavy atom. The zero-order valence-electron chi connectivity index (χ0n) is 15.0. The monoisotopic (exact) mass is 397 g/mol. The number of benzene rings is 1. The lowest BCUT2D eigenvalue weighted by atomic mass is 9.99. The van der Waals surface area contributed by atoms with Crippen LogP contribution < -0.4 is 5.32 Å². The normalized spacial score (nSPS) is 12.8. The lowest BCUT2D eigenvalue weighted by molar-refractivity contribution is -0.138. The standard InChI is InChI=1S/C17H20FN3O5S/c1-20(2)27(25,26)13-8-15(21(3)10-13)16(22)19-9-14(17(23)24)11-4-6-12(18)7-5-11/h4-8,10,14H,9H2,1-3H3,(H,19,22)(H,23,24). The Kier molecular flexibility index (Phi) is 6.01. The van der Waals surface area contributed by atoms with Crippen molar-refractivity contribution in [3.8, 4) is 0 Å². The molecule has 1 amide bonds. The second kappa shape index (κ2) is 7.89. The number of carboxylic acid groups (broad SMARTS) is 1. The molecule has 0 fully saturated rings. The first-order valence-corrected chi connectivity index (χ1v) is 9.33. The fraction of sp³-hybridized carbons (Fsp3) is 0.294. The van der Waals surface area contributed by atoms with E-state index in [1.54, 1.807) is 0 Å². The lowest BCUT2D eigenvalue weighted by Gasteiger charge is -2.14. The Morgan fingerprint density at radius 3 is 2.37 bits per heavy atom. The van der Waals surface area contributed by atoms with Crippen LogP contribution in [0.15, 0.2) is 41.4 Å². The number of nitrogens with one attached hydrogen (secondary N) is 1. The van der Waals surface area contributed by atoms with Crippen LogP contribution >= 0.6 is 0 Å². The third-order valence-electron chi connectivity index (χ3n) is 4.03. The Morgan fingerprint density at radius 2 is 1.85 bits per heavy atom. The highest BCUT2D eigenvalue weighted by Gasteiger charge is 2.24. The maximum absolute atomic E-state index is 13.0. The van der Waals surface area contributed by atoms with E-state index in [1.807, 2.05) is 0 Å². The summed E-state index contributed by atoms with van der Waals surface area (Å²) < 4.78 is 39.7. The van der Waals surface area contributed by atoms with Crippen LogP contribution in [0.5, 0.6) is 0 Å². The van der Waals surface area contributed by atoms with Crippen molar-refractivity contribution in [2.24, 2.45) is 7.05 Å². The van der Waals surface area contributed by atoms with E-state index in [0.717, 1.165) is 16.4 Å². The van der Waals surface area contributed by atoms with E-state index in [0.29, 0.717) is 5.56 Å². The van der Waals surface area contributed by atoms with E-state index in [1.165, 1.54) is 50.1 Å². The maximum Gasteiger partial charge on any atom is 0.312 e. The second-order valence-electron chi connectivity index (χ2n) is 6.11. The van der Waals surface area contributed by atoms with E-state index in [2.05, 4.69) is 5.32 Å². The molecule has 1 heterocycles. The van der Waals surface area contributed by atoms with Crippen LogP contribution in [-0.2, 0) is 21.9 Å². The smallest absolute Gasteiger partial charge is 0.312 e. The molecule has 1 atom stereocenters. The van der Waals surface area contributed by atoms with Gasteiger partial charge in [-0.3, -0.25) is 9.59 Å². The minimum Gasteiger partial charge on any atom is -0.481 e. The summed E-state index contributed by atoms with van der Waals surface area (Å²) in [6.07, 6.45) is 1.30. The quantitative estimate of drug-likeness (QED) is 0.725. The predicted octanol–water partition coefficient (Wildman–Crippen LogP) is 1.01. The zero-order valence-corrected chi connectivity index (χ0v) is 15.8. The SMILES string of the molecule is CN(C)S(=O)(=O)c1cc(C(=O)NCC(C(=O)O)c2ccc(F)cc2)n(C)c1. The van der Waals surface area contributed by atoms with E-state index in [4.69, 9.17) is 0 Å².